The van der Waals surface area contributed by atoms with Gasteiger partial charge in [0, 0.05) is 19.6 Å². The first kappa shape index (κ1) is 12.0. The summed E-state index contributed by atoms with van der Waals surface area (Å²) in [5.41, 5.74) is 0. The van der Waals surface area contributed by atoms with Gasteiger partial charge in [0.25, 0.3) is 0 Å². The molecule has 3 nitrogen and oxygen atoms in total. The summed E-state index contributed by atoms with van der Waals surface area (Å²) in [6.07, 6.45) is 0. The van der Waals surface area contributed by atoms with E-state index in [1.807, 2.05) is 24.3 Å². The molecule has 6 heteroatoms. The molecule has 0 spiro atoms. The van der Waals surface area contributed by atoms with E-state index in [0.717, 1.165) is 9.79 Å². The molecule has 0 bridgehead atoms. The molecule has 1 aliphatic heterocycles. The minimum Gasteiger partial charge on any atom is -0.512 e. The average molecular weight is 276 g/mol. The first-order chi connectivity index (χ1) is 8.72. The molecular weight excluding hydrogens is 267 g/mol. The molecule has 1 heterocycles. The summed E-state index contributed by atoms with van der Waals surface area (Å²) >= 11 is 3.37. The Morgan fingerprint density at radius 1 is 0.833 bits per heavy atom. The third kappa shape index (κ3) is 2.37. The van der Waals surface area contributed by atoms with Crippen LogP contribution in [0.3, 0.4) is 0 Å². The molecule has 3 rings (SSSR count). The van der Waals surface area contributed by atoms with E-state index in [4.69, 9.17) is 14.7 Å². The first-order valence-corrected chi connectivity index (χ1v) is 6.97. The highest BCUT2D eigenvalue weighted by Gasteiger charge is 2.18. The summed E-state index contributed by atoms with van der Waals surface area (Å²) in [5, 5.41) is 17.6. The molecule has 0 amide bonds. The molecule has 18 heavy (non-hydrogen) atoms. The van der Waals surface area contributed by atoms with Gasteiger partial charge in [-0.05, 0) is 30.3 Å². The van der Waals surface area contributed by atoms with Crippen LogP contribution < -0.4 is 4.65 Å². The predicted molar refractivity (Wildman–Crippen MR) is 71.9 cm³/mol. The summed E-state index contributed by atoms with van der Waals surface area (Å²) in [4.78, 5) is 4.66. The standard InChI is InChI=1S/C12H9BO3S2/c14-13(15)16-8-5-6-11-12(7-8)18-10-4-2-1-3-9(10)17-11/h1-7,14-15H. The molecule has 0 fully saturated rings. The van der Waals surface area contributed by atoms with Gasteiger partial charge < -0.3 is 14.7 Å². The maximum Gasteiger partial charge on any atom is 0.707 e. The fraction of sp³-hybridized carbons (Fsp3) is 0. The van der Waals surface area contributed by atoms with Crippen LogP contribution in [0, 0.1) is 0 Å². The minimum atomic E-state index is -1.78. The summed E-state index contributed by atoms with van der Waals surface area (Å²) in [7, 11) is -1.78. The van der Waals surface area contributed by atoms with Crippen molar-refractivity contribution in [2.45, 2.75) is 19.6 Å². The highest BCUT2D eigenvalue weighted by Crippen LogP contribution is 2.49. The van der Waals surface area contributed by atoms with E-state index in [2.05, 4.69) is 12.1 Å². The molecule has 0 aliphatic carbocycles. The van der Waals surface area contributed by atoms with E-state index >= 15 is 0 Å². The Morgan fingerprint density at radius 3 is 2.11 bits per heavy atom. The Bertz CT molecular complexity index is 589. The monoisotopic (exact) mass is 276 g/mol. The fourth-order valence-electron chi connectivity index (χ4n) is 1.70. The van der Waals surface area contributed by atoms with Gasteiger partial charge in [0.05, 0.1) is 0 Å². The normalized spacial score (nSPS) is 12.6. The minimum absolute atomic E-state index is 0.455. The Morgan fingerprint density at radius 2 is 1.44 bits per heavy atom. The molecule has 0 radical (unpaired) electrons. The highest BCUT2D eigenvalue weighted by molar-refractivity contribution is 8.05. The van der Waals surface area contributed by atoms with E-state index in [1.165, 1.54) is 9.79 Å². The Hall–Kier alpha value is -1.08. The molecule has 0 saturated heterocycles. The number of hydrogen-bond donors (Lipinski definition) is 2. The zero-order valence-electron chi connectivity index (χ0n) is 9.24. The second-order valence-corrected chi connectivity index (χ2v) is 5.87. The van der Waals surface area contributed by atoms with Crippen molar-refractivity contribution in [1.29, 1.82) is 0 Å². The van der Waals surface area contributed by atoms with Crippen LogP contribution in [0.5, 0.6) is 5.75 Å². The summed E-state index contributed by atoms with van der Waals surface area (Å²) < 4.78 is 4.86. The third-order valence-corrected chi connectivity index (χ3v) is 4.99. The zero-order valence-corrected chi connectivity index (χ0v) is 10.9. The smallest absolute Gasteiger partial charge is 0.512 e. The van der Waals surface area contributed by atoms with Gasteiger partial charge >= 0.3 is 7.32 Å². The van der Waals surface area contributed by atoms with Crippen molar-refractivity contribution in [3.63, 3.8) is 0 Å². The van der Waals surface area contributed by atoms with E-state index in [1.54, 1.807) is 29.6 Å². The lowest BCUT2D eigenvalue weighted by Gasteiger charge is -2.18. The number of hydrogen-bond acceptors (Lipinski definition) is 5. The number of benzene rings is 2. The van der Waals surface area contributed by atoms with Gasteiger partial charge in [-0.1, -0.05) is 35.7 Å². The maximum absolute atomic E-state index is 8.79. The fourth-order valence-corrected chi connectivity index (χ4v) is 3.95. The Labute approximate surface area is 113 Å². The van der Waals surface area contributed by atoms with Gasteiger partial charge in [0.15, 0.2) is 0 Å². The van der Waals surface area contributed by atoms with Crippen LogP contribution >= 0.6 is 23.5 Å². The molecule has 2 aromatic carbocycles. The van der Waals surface area contributed by atoms with E-state index in [-0.39, 0.29) is 0 Å². The molecular formula is C12H9BO3S2. The van der Waals surface area contributed by atoms with Crippen LogP contribution in [-0.4, -0.2) is 17.4 Å². The quantitative estimate of drug-likeness (QED) is 0.705. The van der Waals surface area contributed by atoms with Crippen LogP contribution in [0.15, 0.2) is 62.0 Å². The van der Waals surface area contributed by atoms with Gasteiger partial charge in [0.2, 0.25) is 0 Å². The van der Waals surface area contributed by atoms with Crippen LogP contribution in [0.2, 0.25) is 0 Å². The molecule has 2 N–H and O–H groups in total. The van der Waals surface area contributed by atoms with Crippen molar-refractivity contribution in [3.05, 3.63) is 42.5 Å². The van der Waals surface area contributed by atoms with Gasteiger partial charge in [0.1, 0.15) is 5.75 Å². The predicted octanol–water partition coefficient (Wildman–Crippen LogP) is 2.65. The van der Waals surface area contributed by atoms with Crippen molar-refractivity contribution >= 4 is 30.8 Å². The molecule has 1 aliphatic rings. The average Bonchev–Trinajstić information content (AvgIpc) is 2.35. The number of rotatable bonds is 2. The Balaban J connectivity index is 1.93. The largest absolute Gasteiger partial charge is 0.707 e. The number of fused-ring (bicyclic) bond motifs is 2. The summed E-state index contributed by atoms with van der Waals surface area (Å²) in [6, 6.07) is 13.7. The van der Waals surface area contributed by atoms with Crippen LogP contribution in [0.1, 0.15) is 0 Å². The second kappa shape index (κ2) is 4.89. The maximum atomic E-state index is 8.79. The van der Waals surface area contributed by atoms with Crippen molar-refractivity contribution in [3.8, 4) is 5.75 Å². The molecule has 0 aromatic heterocycles. The van der Waals surface area contributed by atoms with Crippen molar-refractivity contribution in [2.24, 2.45) is 0 Å². The summed E-state index contributed by atoms with van der Waals surface area (Å²) in [5.74, 6) is 0.455. The highest BCUT2D eigenvalue weighted by atomic mass is 32.2. The van der Waals surface area contributed by atoms with Gasteiger partial charge in [-0.3, -0.25) is 0 Å². The van der Waals surface area contributed by atoms with Crippen molar-refractivity contribution in [1.82, 2.24) is 0 Å². The molecule has 90 valence electrons. The van der Waals surface area contributed by atoms with E-state index < -0.39 is 7.32 Å². The SMILES string of the molecule is OB(O)Oc1ccc2c(c1)Sc1ccccc1S2. The first-order valence-electron chi connectivity index (χ1n) is 5.34. The van der Waals surface area contributed by atoms with Crippen LogP contribution in [-0.2, 0) is 0 Å². The van der Waals surface area contributed by atoms with Gasteiger partial charge in [-0.2, -0.15) is 0 Å². The Kier molecular flexibility index (Phi) is 3.26. The third-order valence-electron chi connectivity index (χ3n) is 2.45. The lowest BCUT2D eigenvalue weighted by Crippen LogP contribution is -2.20. The van der Waals surface area contributed by atoms with Crippen LogP contribution in [0.25, 0.3) is 0 Å². The molecule has 0 unspecified atom stereocenters. The zero-order chi connectivity index (χ0) is 12.5. The van der Waals surface area contributed by atoms with E-state index in [0.29, 0.717) is 5.75 Å². The molecule has 2 aromatic rings. The van der Waals surface area contributed by atoms with Crippen molar-refractivity contribution in [2.75, 3.05) is 0 Å². The second-order valence-electron chi connectivity index (χ2n) is 3.70. The lowest BCUT2D eigenvalue weighted by molar-refractivity contribution is 0.288. The van der Waals surface area contributed by atoms with Gasteiger partial charge in [-0.15, -0.1) is 0 Å². The summed E-state index contributed by atoms with van der Waals surface area (Å²) in [6.45, 7) is 0. The molecule has 0 atom stereocenters. The van der Waals surface area contributed by atoms with Crippen LogP contribution in [0.4, 0.5) is 0 Å². The lowest BCUT2D eigenvalue weighted by atomic mass is 10.2. The molecule has 0 saturated carbocycles. The van der Waals surface area contributed by atoms with Gasteiger partial charge in [-0.25, -0.2) is 0 Å². The van der Waals surface area contributed by atoms with E-state index in [9.17, 15) is 0 Å². The van der Waals surface area contributed by atoms with Crippen molar-refractivity contribution < 1.29 is 14.7 Å². The topological polar surface area (TPSA) is 49.7 Å².